The van der Waals surface area contributed by atoms with E-state index in [1.807, 2.05) is 19.1 Å². The van der Waals surface area contributed by atoms with Crippen molar-refractivity contribution in [3.8, 4) is 0 Å². The molecule has 0 aliphatic carbocycles. The van der Waals surface area contributed by atoms with Crippen molar-refractivity contribution in [2.24, 2.45) is 0 Å². The van der Waals surface area contributed by atoms with Crippen molar-refractivity contribution in [2.75, 3.05) is 0 Å². The standard InChI is InChI=1S/C7H6Cl2.C6H14/c1-5-2-3-6(8)4-7(5)9;1-3-5-6-4-2/h2-4H,1H3;3-6H2,1-2H3. The second-order valence-electron chi connectivity index (χ2n) is 3.60. The molecule has 86 valence electrons. The number of rotatable bonds is 3. The summed E-state index contributed by atoms with van der Waals surface area (Å²) in [6.45, 7) is 6.41. The highest BCUT2D eigenvalue weighted by molar-refractivity contribution is 6.35. The molecule has 0 amide bonds. The van der Waals surface area contributed by atoms with Crippen LogP contribution in [0.1, 0.15) is 45.1 Å². The zero-order valence-electron chi connectivity index (χ0n) is 9.82. The average Bonchev–Trinajstić information content (AvgIpc) is 2.22. The first kappa shape index (κ1) is 14.8. The lowest BCUT2D eigenvalue weighted by Gasteiger charge is -1.94. The third kappa shape index (κ3) is 7.70. The highest BCUT2D eigenvalue weighted by Crippen LogP contribution is 2.19. The van der Waals surface area contributed by atoms with Gasteiger partial charge in [-0.05, 0) is 24.6 Å². The van der Waals surface area contributed by atoms with Gasteiger partial charge in [-0.15, -0.1) is 0 Å². The predicted octanol–water partition coefficient (Wildman–Crippen LogP) is 5.89. The lowest BCUT2D eigenvalue weighted by Crippen LogP contribution is -1.71. The van der Waals surface area contributed by atoms with Gasteiger partial charge in [-0.3, -0.25) is 0 Å². The topological polar surface area (TPSA) is 0 Å². The number of aryl methyl sites for hydroxylation is 1. The van der Waals surface area contributed by atoms with Crippen molar-refractivity contribution in [1.29, 1.82) is 0 Å². The zero-order valence-corrected chi connectivity index (χ0v) is 11.3. The highest BCUT2D eigenvalue weighted by atomic mass is 35.5. The van der Waals surface area contributed by atoms with Gasteiger partial charge in [0.1, 0.15) is 0 Å². The summed E-state index contributed by atoms with van der Waals surface area (Å²) < 4.78 is 0. The molecule has 0 N–H and O–H groups in total. The van der Waals surface area contributed by atoms with Crippen LogP contribution in [-0.4, -0.2) is 0 Å². The maximum atomic E-state index is 5.73. The molecular formula is C13H20Cl2. The van der Waals surface area contributed by atoms with E-state index in [4.69, 9.17) is 23.2 Å². The van der Waals surface area contributed by atoms with Crippen molar-refractivity contribution in [1.82, 2.24) is 0 Å². The molecule has 0 atom stereocenters. The first-order valence-electron chi connectivity index (χ1n) is 5.53. The number of benzene rings is 1. The fraction of sp³-hybridized carbons (Fsp3) is 0.538. The first-order valence-corrected chi connectivity index (χ1v) is 6.29. The van der Waals surface area contributed by atoms with Crippen LogP contribution < -0.4 is 0 Å². The summed E-state index contributed by atoms with van der Waals surface area (Å²) in [5.74, 6) is 0. The molecule has 0 saturated carbocycles. The van der Waals surface area contributed by atoms with Crippen LogP contribution in [0.5, 0.6) is 0 Å². The van der Waals surface area contributed by atoms with Crippen LogP contribution in [0, 0.1) is 6.92 Å². The van der Waals surface area contributed by atoms with E-state index in [9.17, 15) is 0 Å². The molecule has 1 rings (SSSR count). The van der Waals surface area contributed by atoms with Crippen LogP contribution in [0.25, 0.3) is 0 Å². The smallest absolute Gasteiger partial charge is 0.0449 e. The largest absolute Gasteiger partial charge is 0.0843 e. The molecule has 15 heavy (non-hydrogen) atoms. The summed E-state index contributed by atoms with van der Waals surface area (Å²) in [6, 6.07) is 5.45. The molecule has 0 saturated heterocycles. The van der Waals surface area contributed by atoms with Crippen LogP contribution in [0.3, 0.4) is 0 Å². The van der Waals surface area contributed by atoms with E-state index >= 15 is 0 Å². The summed E-state index contributed by atoms with van der Waals surface area (Å²) in [5.41, 5.74) is 1.06. The van der Waals surface area contributed by atoms with E-state index in [-0.39, 0.29) is 0 Å². The van der Waals surface area contributed by atoms with Crippen LogP contribution in [0.2, 0.25) is 10.0 Å². The number of unbranched alkanes of at least 4 members (excludes halogenated alkanes) is 3. The average molecular weight is 247 g/mol. The maximum absolute atomic E-state index is 5.73. The normalized spacial score (nSPS) is 9.40. The Kier molecular flexibility index (Phi) is 8.94. The van der Waals surface area contributed by atoms with Crippen molar-refractivity contribution in [3.63, 3.8) is 0 Å². The zero-order chi connectivity index (χ0) is 11.7. The minimum absolute atomic E-state index is 0.686. The summed E-state index contributed by atoms with van der Waals surface area (Å²) in [6.07, 6.45) is 5.54. The number of hydrogen-bond acceptors (Lipinski definition) is 0. The molecule has 0 aliphatic heterocycles. The Hall–Kier alpha value is -0.200. The van der Waals surface area contributed by atoms with Crippen molar-refractivity contribution in [3.05, 3.63) is 33.8 Å². The maximum Gasteiger partial charge on any atom is 0.0449 e. The van der Waals surface area contributed by atoms with Crippen molar-refractivity contribution in [2.45, 2.75) is 46.5 Å². The fourth-order valence-corrected chi connectivity index (χ4v) is 1.48. The molecule has 0 bridgehead atoms. The summed E-state index contributed by atoms with van der Waals surface area (Å²) >= 11 is 11.4. The van der Waals surface area contributed by atoms with Crippen molar-refractivity contribution >= 4 is 23.2 Å². The predicted molar refractivity (Wildman–Crippen MR) is 71.0 cm³/mol. The number of hydrogen-bond donors (Lipinski definition) is 0. The van der Waals surface area contributed by atoms with E-state index in [0.29, 0.717) is 5.02 Å². The molecule has 2 heteroatoms. The van der Waals surface area contributed by atoms with Gasteiger partial charge in [0.15, 0.2) is 0 Å². The minimum atomic E-state index is 0.686. The van der Waals surface area contributed by atoms with Gasteiger partial charge in [0.05, 0.1) is 0 Å². The van der Waals surface area contributed by atoms with Gasteiger partial charge in [0.2, 0.25) is 0 Å². The highest BCUT2D eigenvalue weighted by Gasteiger charge is 1.92. The Morgan fingerprint density at radius 3 is 1.87 bits per heavy atom. The van der Waals surface area contributed by atoms with Gasteiger partial charge >= 0.3 is 0 Å². The minimum Gasteiger partial charge on any atom is -0.0843 e. The van der Waals surface area contributed by atoms with Gasteiger partial charge in [-0.1, -0.05) is 68.8 Å². The Labute approximate surface area is 104 Å². The van der Waals surface area contributed by atoms with Gasteiger partial charge in [0, 0.05) is 10.0 Å². The van der Waals surface area contributed by atoms with Crippen LogP contribution in [0.15, 0.2) is 18.2 Å². The van der Waals surface area contributed by atoms with E-state index in [1.54, 1.807) is 6.07 Å². The van der Waals surface area contributed by atoms with Gasteiger partial charge < -0.3 is 0 Å². The third-order valence-electron chi connectivity index (χ3n) is 2.09. The molecule has 0 fully saturated rings. The lowest BCUT2D eigenvalue weighted by molar-refractivity contribution is 0.702. The van der Waals surface area contributed by atoms with E-state index in [0.717, 1.165) is 10.6 Å². The van der Waals surface area contributed by atoms with E-state index in [2.05, 4.69) is 13.8 Å². The molecule has 0 nitrogen and oxygen atoms in total. The summed E-state index contributed by atoms with van der Waals surface area (Å²) in [5, 5.41) is 1.41. The lowest BCUT2D eigenvalue weighted by atomic mass is 10.2. The fourth-order valence-electron chi connectivity index (χ4n) is 1.07. The summed E-state index contributed by atoms with van der Waals surface area (Å²) in [7, 11) is 0. The van der Waals surface area contributed by atoms with Crippen LogP contribution >= 0.6 is 23.2 Å². The van der Waals surface area contributed by atoms with Gasteiger partial charge in [-0.2, -0.15) is 0 Å². The van der Waals surface area contributed by atoms with Crippen LogP contribution in [0.4, 0.5) is 0 Å². The molecule has 0 radical (unpaired) electrons. The second-order valence-corrected chi connectivity index (χ2v) is 4.44. The van der Waals surface area contributed by atoms with Gasteiger partial charge in [-0.25, -0.2) is 0 Å². The molecule has 1 aromatic rings. The van der Waals surface area contributed by atoms with E-state index < -0.39 is 0 Å². The molecule has 0 heterocycles. The molecule has 1 aromatic carbocycles. The summed E-state index contributed by atoms with van der Waals surface area (Å²) in [4.78, 5) is 0. The Morgan fingerprint density at radius 2 is 1.53 bits per heavy atom. The quantitative estimate of drug-likeness (QED) is 0.584. The van der Waals surface area contributed by atoms with Crippen LogP contribution in [-0.2, 0) is 0 Å². The van der Waals surface area contributed by atoms with Gasteiger partial charge in [0.25, 0.3) is 0 Å². The SMILES string of the molecule is CCCCCC.Cc1ccc(Cl)cc1Cl. The number of halogens is 2. The molecule has 0 aliphatic rings. The Balaban J connectivity index is 0.000000288. The molecule has 0 aromatic heterocycles. The Morgan fingerprint density at radius 1 is 1.00 bits per heavy atom. The monoisotopic (exact) mass is 246 g/mol. The van der Waals surface area contributed by atoms with Crippen molar-refractivity contribution < 1.29 is 0 Å². The third-order valence-corrected chi connectivity index (χ3v) is 2.73. The molecule has 0 unspecified atom stereocenters. The molecule has 0 spiro atoms. The Bertz CT molecular complexity index is 265. The second kappa shape index (κ2) is 9.06. The van der Waals surface area contributed by atoms with E-state index in [1.165, 1.54) is 25.7 Å². The molecular weight excluding hydrogens is 227 g/mol. The first-order chi connectivity index (χ1) is 7.11.